The van der Waals surface area contributed by atoms with Gasteiger partial charge in [-0.15, -0.1) is 0 Å². The molecule has 2 aliphatic rings. The molecule has 0 saturated heterocycles. The van der Waals surface area contributed by atoms with E-state index in [4.69, 9.17) is 14.5 Å². The molecule has 5 nitrogen and oxygen atoms in total. The van der Waals surface area contributed by atoms with E-state index in [0.717, 1.165) is 48.3 Å². The maximum atomic E-state index is 13.4. The van der Waals surface area contributed by atoms with Crippen LogP contribution in [0.25, 0.3) is 0 Å². The number of carbonyl (C=O) groups excluding carboxylic acids is 2. The van der Waals surface area contributed by atoms with E-state index in [1.54, 1.807) is 0 Å². The normalized spacial score (nSPS) is 20.2. The van der Waals surface area contributed by atoms with Crippen LogP contribution in [0.3, 0.4) is 0 Å². The summed E-state index contributed by atoms with van der Waals surface area (Å²) in [6, 6.07) is 17.3. The van der Waals surface area contributed by atoms with Crippen molar-refractivity contribution in [2.75, 3.05) is 6.61 Å². The van der Waals surface area contributed by atoms with Crippen LogP contribution in [0.15, 0.2) is 70.9 Å². The average Bonchev–Trinajstić information content (AvgIpc) is 2.83. The number of aliphatic imine (C=N–C) groups is 1. The highest BCUT2D eigenvalue weighted by atomic mass is 16.5. The van der Waals surface area contributed by atoms with Crippen LogP contribution in [0.2, 0.25) is 0 Å². The van der Waals surface area contributed by atoms with Crippen molar-refractivity contribution in [1.29, 1.82) is 0 Å². The van der Waals surface area contributed by atoms with Gasteiger partial charge >= 0.3 is 5.97 Å². The summed E-state index contributed by atoms with van der Waals surface area (Å²) in [4.78, 5) is 31.3. The minimum absolute atomic E-state index is 0.134. The highest BCUT2D eigenvalue weighted by Gasteiger charge is 2.44. The Morgan fingerprint density at radius 2 is 1.79 bits per heavy atom. The summed E-state index contributed by atoms with van der Waals surface area (Å²) in [7, 11) is 0. The van der Waals surface area contributed by atoms with E-state index in [9.17, 15) is 9.59 Å². The molecule has 1 heterocycles. The third-order valence-electron chi connectivity index (χ3n) is 6.35. The predicted octanol–water partition coefficient (Wildman–Crippen LogP) is 5.79. The molecule has 0 aromatic heterocycles. The van der Waals surface area contributed by atoms with Crippen LogP contribution in [0.1, 0.15) is 63.0 Å². The number of nitrogens with zero attached hydrogens (tertiary/aromatic N) is 1. The quantitative estimate of drug-likeness (QED) is 0.381. The number of ether oxygens (including phenoxy) is 2. The number of ketones is 1. The second-order valence-electron chi connectivity index (χ2n) is 8.68. The molecule has 1 aliphatic carbocycles. The number of fused-ring (bicyclic) bond motifs is 1. The van der Waals surface area contributed by atoms with Gasteiger partial charge in [0.1, 0.15) is 18.1 Å². The number of benzene rings is 2. The third-order valence-corrected chi connectivity index (χ3v) is 6.35. The van der Waals surface area contributed by atoms with Crippen molar-refractivity contribution in [3.8, 4) is 5.75 Å². The molecule has 1 aliphatic heterocycles. The molecule has 33 heavy (non-hydrogen) atoms. The third kappa shape index (κ3) is 5.08. The van der Waals surface area contributed by atoms with Gasteiger partial charge in [0.25, 0.3) is 0 Å². The summed E-state index contributed by atoms with van der Waals surface area (Å²) >= 11 is 0. The van der Waals surface area contributed by atoms with Gasteiger partial charge in [-0.1, -0.05) is 61.9 Å². The van der Waals surface area contributed by atoms with Crippen molar-refractivity contribution >= 4 is 17.5 Å². The van der Waals surface area contributed by atoms with Crippen molar-refractivity contribution < 1.29 is 19.1 Å². The van der Waals surface area contributed by atoms with E-state index in [1.807, 2.05) is 61.5 Å². The fraction of sp³-hybridized carbons (Fsp3) is 0.393. The number of hydrogen-bond acceptors (Lipinski definition) is 5. The van der Waals surface area contributed by atoms with Gasteiger partial charge in [0.15, 0.2) is 0 Å². The largest absolute Gasteiger partial charge is 0.493 e. The molecule has 0 spiro atoms. The van der Waals surface area contributed by atoms with Gasteiger partial charge in [0.05, 0.1) is 18.1 Å². The molecule has 1 fully saturated rings. The fourth-order valence-electron chi connectivity index (χ4n) is 4.72. The monoisotopic (exact) mass is 445 g/mol. The zero-order chi connectivity index (χ0) is 23.2. The molecule has 0 bridgehead atoms. The molecular weight excluding hydrogens is 414 g/mol. The number of para-hydroxylation sites is 1. The Labute approximate surface area is 195 Å². The SMILES string of the molecule is CCCCOc1ccccc1[C@@H]1C(C(=O)OCc2ccccc2)=C(C)N=C2CCCC(=O)C21. The number of hydrogen-bond donors (Lipinski definition) is 0. The highest BCUT2D eigenvalue weighted by Crippen LogP contribution is 2.45. The number of allylic oxidation sites excluding steroid dienone is 1. The second-order valence-corrected chi connectivity index (χ2v) is 8.68. The van der Waals surface area contributed by atoms with E-state index >= 15 is 0 Å². The van der Waals surface area contributed by atoms with Crippen LogP contribution in [0.4, 0.5) is 0 Å². The standard InChI is InChI=1S/C28H31NO4/c1-3-4-17-32-24-16-9-8-13-21(24)26-25(28(31)33-18-20-11-6-5-7-12-20)19(2)29-22-14-10-15-23(30)27(22)26/h5-9,11-13,16,26-27H,3-4,10,14-15,17-18H2,1-2H3/t26-,27?/m1/s1. The van der Waals surface area contributed by atoms with Crippen molar-refractivity contribution in [1.82, 2.24) is 0 Å². The molecule has 1 saturated carbocycles. The maximum absolute atomic E-state index is 13.4. The molecule has 2 aromatic carbocycles. The van der Waals surface area contributed by atoms with Crippen molar-refractivity contribution in [2.24, 2.45) is 10.9 Å². The first-order chi connectivity index (χ1) is 16.1. The van der Waals surface area contributed by atoms with Gasteiger partial charge in [-0.3, -0.25) is 9.79 Å². The zero-order valence-electron chi connectivity index (χ0n) is 19.4. The molecule has 2 atom stereocenters. The maximum Gasteiger partial charge on any atom is 0.336 e. The minimum Gasteiger partial charge on any atom is -0.493 e. The molecule has 0 N–H and O–H groups in total. The van der Waals surface area contributed by atoms with E-state index in [-0.39, 0.29) is 12.4 Å². The van der Waals surface area contributed by atoms with Gasteiger partial charge in [-0.25, -0.2) is 4.79 Å². The summed E-state index contributed by atoms with van der Waals surface area (Å²) < 4.78 is 11.8. The Kier molecular flexibility index (Phi) is 7.38. The number of carbonyl (C=O) groups is 2. The molecule has 0 amide bonds. The lowest BCUT2D eigenvalue weighted by Crippen LogP contribution is -2.39. The molecule has 1 unspecified atom stereocenters. The summed E-state index contributed by atoms with van der Waals surface area (Å²) in [5.74, 6) is -0.471. The molecule has 172 valence electrons. The minimum atomic E-state index is -0.452. The van der Waals surface area contributed by atoms with Crippen molar-refractivity contribution in [2.45, 2.75) is 58.5 Å². The first kappa shape index (κ1) is 23.0. The number of unbranched alkanes of at least 4 members (excludes halogenated alkanes) is 1. The van der Waals surface area contributed by atoms with E-state index in [1.165, 1.54) is 0 Å². The Morgan fingerprint density at radius 3 is 2.58 bits per heavy atom. The van der Waals surface area contributed by atoms with Crippen molar-refractivity contribution in [3.63, 3.8) is 0 Å². The smallest absolute Gasteiger partial charge is 0.336 e. The average molecular weight is 446 g/mol. The summed E-state index contributed by atoms with van der Waals surface area (Å²) in [5.41, 5.74) is 3.73. The van der Waals surface area contributed by atoms with Crippen molar-refractivity contribution in [3.05, 3.63) is 77.0 Å². The molecule has 5 heteroatoms. The van der Waals surface area contributed by atoms with Crippen LogP contribution in [-0.2, 0) is 20.9 Å². The summed E-state index contributed by atoms with van der Waals surface area (Å²) in [6.07, 6.45) is 4.05. The Morgan fingerprint density at radius 1 is 1.03 bits per heavy atom. The first-order valence-corrected chi connectivity index (χ1v) is 11.8. The molecule has 2 aromatic rings. The van der Waals surface area contributed by atoms with Crippen LogP contribution in [0.5, 0.6) is 5.75 Å². The van der Waals surface area contributed by atoms with Crippen LogP contribution >= 0.6 is 0 Å². The summed E-state index contributed by atoms with van der Waals surface area (Å²) in [5, 5.41) is 0. The Bertz CT molecular complexity index is 1070. The van der Waals surface area contributed by atoms with E-state index in [2.05, 4.69) is 6.92 Å². The first-order valence-electron chi connectivity index (χ1n) is 11.8. The Hall–Kier alpha value is -3.21. The highest BCUT2D eigenvalue weighted by molar-refractivity contribution is 6.11. The van der Waals surface area contributed by atoms with Gasteiger partial charge in [-0.2, -0.15) is 0 Å². The van der Waals surface area contributed by atoms with Gasteiger partial charge < -0.3 is 9.47 Å². The van der Waals surface area contributed by atoms with Crippen LogP contribution < -0.4 is 4.74 Å². The Balaban J connectivity index is 1.72. The number of rotatable bonds is 8. The van der Waals surface area contributed by atoms with Gasteiger partial charge in [0.2, 0.25) is 0 Å². The van der Waals surface area contributed by atoms with Crippen LogP contribution in [-0.4, -0.2) is 24.1 Å². The molecule has 4 rings (SSSR count). The topological polar surface area (TPSA) is 65.0 Å². The second kappa shape index (κ2) is 10.6. The lowest BCUT2D eigenvalue weighted by Gasteiger charge is -2.36. The predicted molar refractivity (Wildman–Crippen MR) is 128 cm³/mol. The molecule has 0 radical (unpaired) electrons. The van der Waals surface area contributed by atoms with Gasteiger partial charge in [-0.05, 0) is 37.8 Å². The zero-order valence-corrected chi connectivity index (χ0v) is 19.4. The van der Waals surface area contributed by atoms with Gasteiger partial charge in [0, 0.05) is 29.3 Å². The lowest BCUT2D eigenvalue weighted by molar-refractivity contribution is -0.140. The summed E-state index contributed by atoms with van der Waals surface area (Å²) in [6.45, 7) is 4.73. The fourth-order valence-corrected chi connectivity index (χ4v) is 4.72. The van der Waals surface area contributed by atoms with E-state index < -0.39 is 17.8 Å². The lowest BCUT2D eigenvalue weighted by atomic mass is 9.69. The molecular formula is C28H31NO4. The van der Waals surface area contributed by atoms with Crippen LogP contribution in [0, 0.1) is 5.92 Å². The number of esters is 1. The van der Waals surface area contributed by atoms with E-state index in [0.29, 0.717) is 24.3 Å². The number of Topliss-reactive ketones (excluding diaryl/α,β-unsaturated/α-hetero) is 1.